The van der Waals surface area contributed by atoms with Gasteiger partial charge < -0.3 is 0 Å². The van der Waals surface area contributed by atoms with Crippen LogP contribution in [0.3, 0.4) is 0 Å². The van der Waals surface area contributed by atoms with Crippen molar-refractivity contribution >= 4 is 9.84 Å². The van der Waals surface area contributed by atoms with Crippen molar-refractivity contribution in [3.63, 3.8) is 0 Å². The molecule has 1 aliphatic heterocycles. The zero-order valence-corrected chi connectivity index (χ0v) is 8.63. The van der Waals surface area contributed by atoms with Crippen LogP contribution in [0, 0.1) is 0 Å². The Kier molecular flexibility index (Phi) is 2.56. The van der Waals surface area contributed by atoms with Gasteiger partial charge in [0.05, 0.1) is 11.5 Å². The predicted molar refractivity (Wildman–Crippen MR) is 52.5 cm³/mol. The van der Waals surface area contributed by atoms with E-state index in [2.05, 4.69) is 15.1 Å². The summed E-state index contributed by atoms with van der Waals surface area (Å²) in [6.45, 7) is 2.01. The fourth-order valence-corrected chi connectivity index (χ4v) is 2.80. The van der Waals surface area contributed by atoms with E-state index in [0.29, 0.717) is 13.1 Å². The normalized spacial score (nSPS) is 22.3. The van der Waals surface area contributed by atoms with Crippen molar-refractivity contribution in [3.05, 3.63) is 18.0 Å². The van der Waals surface area contributed by atoms with Gasteiger partial charge in [-0.1, -0.05) is 0 Å². The first-order chi connectivity index (χ1) is 6.66. The van der Waals surface area contributed by atoms with Crippen LogP contribution in [0.2, 0.25) is 0 Å². The molecule has 2 rings (SSSR count). The third kappa shape index (κ3) is 2.33. The number of nitrogens with zero attached hydrogens (tertiary/aromatic N) is 2. The Bertz CT molecular complexity index is 371. The Labute approximate surface area is 83.0 Å². The first-order valence-electron chi connectivity index (χ1n) is 4.57. The van der Waals surface area contributed by atoms with Gasteiger partial charge in [0.15, 0.2) is 9.84 Å². The summed E-state index contributed by atoms with van der Waals surface area (Å²) >= 11 is 0. The molecule has 0 unspecified atom stereocenters. The maximum atomic E-state index is 11.2. The lowest BCUT2D eigenvalue weighted by molar-refractivity contribution is 0.284. The molecule has 0 bridgehead atoms. The number of nitrogens with one attached hydrogen (secondary N) is 1. The fraction of sp³-hybridized carbons (Fsp3) is 0.625. The SMILES string of the molecule is O=S1(=O)CCN(Cc2ccn[nH]2)CC1. The first-order valence-corrected chi connectivity index (χ1v) is 6.39. The van der Waals surface area contributed by atoms with Crippen molar-refractivity contribution < 1.29 is 8.42 Å². The molecule has 6 heteroatoms. The van der Waals surface area contributed by atoms with Crippen LogP contribution >= 0.6 is 0 Å². The van der Waals surface area contributed by atoms with Crippen LogP contribution in [0.4, 0.5) is 0 Å². The van der Waals surface area contributed by atoms with Gasteiger partial charge in [-0.25, -0.2) is 8.42 Å². The number of aromatic nitrogens is 2. The minimum atomic E-state index is -2.76. The first kappa shape index (κ1) is 9.67. The van der Waals surface area contributed by atoms with E-state index < -0.39 is 9.84 Å². The molecule has 0 atom stereocenters. The number of hydrogen-bond donors (Lipinski definition) is 1. The monoisotopic (exact) mass is 215 g/mol. The molecule has 0 aromatic carbocycles. The average molecular weight is 215 g/mol. The molecule has 1 aliphatic rings. The maximum Gasteiger partial charge on any atom is 0.152 e. The van der Waals surface area contributed by atoms with Crippen LogP contribution in [-0.4, -0.2) is 48.1 Å². The van der Waals surface area contributed by atoms with E-state index in [0.717, 1.165) is 12.2 Å². The molecule has 0 amide bonds. The van der Waals surface area contributed by atoms with Gasteiger partial charge >= 0.3 is 0 Å². The molecule has 14 heavy (non-hydrogen) atoms. The molecule has 0 spiro atoms. The van der Waals surface area contributed by atoms with Crippen molar-refractivity contribution in [2.45, 2.75) is 6.54 Å². The minimum Gasteiger partial charge on any atom is -0.296 e. The lowest BCUT2D eigenvalue weighted by Crippen LogP contribution is -2.39. The summed E-state index contributed by atoms with van der Waals surface area (Å²) in [6, 6.07) is 1.91. The highest BCUT2D eigenvalue weighted by Crippen LogP contribution is 2.07. The number of rotatable bonds is 2. The van der Waals surface area contributed by atoms with Crippen LogP contribution < -0.4 is 0 Å². The topological polar surface area (TPSA) is 66.1 Å². The molecule has 1 aromatic heterocycles. The highest BCUT2D eigenvalue weighted by molar-refractivity contribution is 7.91. The third-order valence-corrected chi connectivity index (χ3v) is 4.00. The summed E-state index contributed by atoms with van der Waals surface area (Å²) in [5.41, 5.74) is 1.03. The van der Waals surface area contributed by atoms with E-state index in [4.69, 9.17) is 0 Å². The van der Waals surface area contributed by atoms with Crippen molar-refractivity contribution in [3.8, 4) is 0 Å². The molecule has 0 aliphatic carbocycles. The van der Waals surface area contributed by atoms with Crippen LogP contribution in [0.25, 0.3) is 0 Å². The Morgan fingerprint density at radius 3 is 2.71 bits per heavy atom. The van der Waals surface area contributed by atoms with Crippen molar-refractivity contribution in [1.82, 2.24) is 15.1 Å². The second-order valence-electron chi connectivity index (χ2n) is 3.51. The fourth-order valence-electron chi connectivity index (χ4n) is 1.52. The minimum absolute atomic E-state index is 0.279. The largest absolute Gasteiger partial charge is 0.296 e. The number of sulfone groups is 1. The van der Waals surface area contributed by atoms with Gasteiger partial charge in [0.1, 0.15) is 0 Å². The molecule has 1 fully saturated rings. The van der Waals surface area contributed by atoms with Gasteiger partial charge in [0.25, 0.3) is 0 Å². The van der Waals surface area contributed by atoms with E-state index in [1.807, 2.05) is 6.07 Å². The van der Waals surface area contributed by atoms with Crippen LogP contribution in [0.5, 0.6) is 0 Å². The van der Waals surface area contributed by atoms with Crippen molar-refractivity contribution in [2.24, 2.45) is 0 Å². The van der Waals surface area contributed by atoms with E-state index in [9.17, 15) is 8.42 Å². The summed E-state index contributed by atoms with van der Waals surface area (Å²) in [6.07, 6.45) is 1.70. The van der Waals surface area contributed by atoms with Crippen LogP contribution in [-0.2, 0) is 16.4 Å². The van der Waals surface area contributed by atoms with Gasteiger partial charge in [-0.15, -0.1) is 0 Å². The van der Waals surface area contributed by atoms with E-state index in [-0.39, 0.29) is 11.5 Å². The van der Waals surface area contributed by atoms with Gasteiger partial charge in [0, 0.05) is 31.5 Å². The molecule has 0 radical (unpaired) electrons. The van der Waals surface area contributed by atoms with Crippen LogP contribution in [0.1, 0.15) is 5.69 Å². The summed E-state index contributed by atoms with van der Waals surface area (Å²) in [4.78, 5) is 2.12. The van der Waals surface area contributed by atoms with Gasteiger partial charge in [-0.3, -0.25) is 10.00 Å². The zero-order chi connectivity index (χ0) is 10.0. The quantitative estimate of drug-likeness (QED) is 0.731. The molecular formula is C8H13N3O2S. The lowest BCUT2D eigenvalue weighted by atomic mass is 10.4. The summed E-state index contributed by atoms with van der Waals surface area (Å²) < 4.78 is 22.3. The molecule has 2 heterocycles. The van der Waals surface area contributed by atoms with E-state index in [1.54, 1.807) is 6.20 Å². The summed E-state index contributed by atoms with van der Waals surface area (Å²) in [5.74, 6) is 0.558. The molecule has 5 nitrogen and oxygen atoms in total. The molecule has 0 saturated carbocycles. The molecule has 1 saturated heterocycles. The highest BCUT2D eigenvalue weighted by Gasteiger charge is 2.21. The summed E-state index contributed by atoms with van der Waals surface area (Å²) in [7, 11) is -2.76. The summed E-state index contributed by atoms with van der Waals surface area (Å²) in [5, 5.41) is 6.71. The van der Waals surface area contributed by atoms with Crippen molar-refractivity contribution in [1.29, 1.82) is 0 Å². The van der Waals surface area contributed by atoms with E-state index >= 15 is 0 Å². The van der Waals surface area contributed by atoms with E-state index in [1.165, 1.54) is 0 Å². The number of hydrogen-bond acceptors (Lipinski definition) is 4. The smallest absolute Gasteiger partial charge is 0.152 e. The number of H-pyrrole nitrogens is 1. The Hall–Kier alpha value is -0.880. The maximum absolute atomic E-state index is 11.2. The molecule has 78 valence electrons. The standard InChI is InChI=1S/C8H13N3O2S/c12-14(13)5-3-11(4-6-14)7-8-1-2-9-10-8/h1-2H,3-7H2,(H,9,10). The average Bonchev–Trinajstić information content (AvgIpc) is 2.61. The second-order valence-corrected chi connectivity index (χ2v) is 5.81. The Morgan fingerprint density at radius 2 is 2.14 bits per heavy atom. The lowest BCUT2D eigenvalue weighted by Gasteiger charge is -2.25. The predicted octanol–water partition coefficient (Wildman–Crippen LogP) is -0.360. The van der Waals surface area contributed by atoms with Gasteiger partial charge in [0.2, 0.25) is 0 Å². The zero-order valence-electron chi connectivity index (χ0n) is 7.81. The van der Waals surface area contributed by atoms with Crippen LogP contribution in [0.15, 0.2) is 12.3 Å². The second kappa shape index (κ2) is 3.70. The molecule has 1 aromatic rings. The highest BCUT2D eigenvalue weighted by atomic mass is 32.2. The Balaban J connectivity index is 1.91. The third-order valence-electron chi connectivity index (χ3n) is 2.39. The van der Waals surface area contributed by atoms with Gasteiger partial charge in [-0.2, -0.15) is 5.10 Å². The van der Waals surface area contributed by atoms with Crippen molar-refractivity contribution in [2.75, 3.05) is 24.6 Å². The number of aromatic amines is 1. The van der Waals surface area contributed by atoms with Gasteiger partial charge in [-0.05, 0) is 6.07 Å². The Morgan fingerprint density at radius 1 is 1.43 bits per heavy atom. The molecule has 1 N–H and O–H groups in total. The molecular weight excluding hydrogens is 202 g/mol.